The summed E-state index contributed by atoms with van der Waals surface area (Å²) >= 11 is 5.85. The minimum atomic E-state index is -1.22. The maximum atomic E-state index is 12.9. The van der Waals surface area contributed by atoms with E-state index in [0.717, 1.165) is 0 Å². The SMILES string of the molecule is CC(C)(C)C(=O)C(/N=C(\NC#N)Nc1cccnc1)NC(=O)c1ccc(Cl)cc1. The predicted molar refractivity (Wildman–Crippen MR) is 111 cm³/mol. The second-order valence-electron chi connectivity index (χ2n) is 7.08. The molecule has 1 atom stereocenters. The number of rotatable bonds is 5. The molecule has 0 saturated carbocycles. The first-order chi connectivity index (χ1) is 13.7. The smallest absolute Gasteiger partial charge is 0.253 e. The number of amides is 1. The molecule has 2 aromatic rings. The van der Waals surface area contributed by atoms with Crippen molar-refractivity contribution in [3.63, 3.8) is 0 Å². The molecule has 0 bridgehead atoms. The number of Topliss-reactive ketones (excluding diaryl/α,β-unsaturated/α-hetero) is 1. The summed E-state index contributed by atoms with van der Waals surface area (Å²) in [6, 6.07) is 9.66. The molecular weight excluding hydrogens is 392 g/mol. The van der Waals surface area contributed by atoms with Crippen molar-refractivity contribution in [3.05, 3.63) is 59.4 Å². The van der Waals surface area contributed by atoms with Crippen LogP contribution in [0.3, 0.4) is 0 Å². The summed E-state index contributed by atoms with van der Waals surface area (Å²) in [6.07, 6.45) is 3.66. The third kappa shape index (κ3) is 6.59. The third-order valence-corrected chi connectivity index (χ3v) is 3.97. The van der Waals surface area contributed by atoms with Gasteiger partial charge in [0.2, 0.25) is 5.96 Å². The van der Waals surface area contributed by atoms with Crippen LogP contribution in [0.15, 0.2) is 53.8 Å². The van der Waals surface area contributed by atoms with Crippen LogP contribution in [-0.4, -0.2) is 28.8 Å². The van der Waals surface area contributed by atoms with Gasteiger partial charge in [0.1, 0.15) is 0 Å². The Hall–Kier alpha value is -3.44. The van der Waals surface area contributed by atoms with Crippen molar-refractivity contribution < 1.29 is 9.59 Å². The van der Waals surface area contributed by atoms with Crippen LogP contribution in [-0.2, 0) is 4.79 Å². The second kappa shape index (κ2) is 9.66. The number of halogens is 1. The molecular formula is C20H21ClN6O2. The first kappa shape index (κ1) is 21.9. The van der Waals surface area contributed by atoms with Gasteiger partial charge in [-0.05, 0) is 36.4 Å². The van der Waals surface area contributed by atoms with Crippen molar-refractivity contribution in [1.29, 1.82) is 5.26 Å². The lowest BCUT2D eigenvalue weighted by Crippen LogP contribution is -2.46. The Labute approximate surface area is 174 Å². The van der Waals surface area contributed by atoms with Crippen molar-refractivity contribution in [3.8, 4) is 6.19 Å². The summed E-state index contributed by atoms with van der Waals surface area (Å²) in [4.78, 5) is 33.7. The highest BCUT2D eigenvalue weighted by Gasteiger charge is 2.31. The van der Waals surface area contributed by atoms with Gasteiger partial charge in [-0.1, -0.05) is 32.4 Å². The van der Waals surface area contributed by atoms with E-state index >= 15 is 0 Å². The summed E-state index contributed by atoms with van der Waals surface area (Å²) in [5.74, 6) is -0.824. The fourth-order valence-electron chi connectivity index (χ4n) is 2.23. The molecule has 29 heavy (non-hydrogen) atoms. The molecule has 1 amide bonds. The van der Waals surface area contributed by atoms with Gasteiger partial charge in [-0.25, -0.2) is 4.99 Å². The highest BCUT2D eigenvalue weighted by Crippen LogP contribution is 2.18. The second-order valence-corrected chi connectivity index (χ2v) is 7.51. The van der Waals surface area contributed by atoms with Crippen LogP contribution >= 0.6 is 11.6 Å². The molecule has 1 aromatic heterocycles. The fourth-order valence-corrected chi connectivity index (χ4v) is 2.35. The van der Waals surface area contributed by atoms with Crippen LogP contribution in [0.25, 0.3) is 0 Å². The first-order valence-corrected chi connectivity index (χ1v) is 9.09. The Morgan fingerprint density at radius 2 is 1.90 bits per heavy atom. The molecule has 1 aromatic carbocycles. The number of hydrogen-bond acceptors (Lipinski definition) is 5. The zero-order chi connectivity index (χ0) is 21.4. The number of ketones is 1. The molecule has 0 fully saturated rings. The van der Waals surface area contributed by atoms with Crippen molar-refractivity contribution in [2.24, 2.45) is 10.4 Å². The number of hydrogen-bond donors (Lipinski definition) is 3. The number of carbonyl (C=O) groups is 2. The number of carbonyl (C=O) groups excluding carboxylic acids is 2. The molecule has 0 radical (unpaired) electrons. The van der Waals surface area contributed by atoms with Gasteiger partial charge in [-0.15, -0.1) is 0 Å². The van der Waals surface area contributed by atoms with Gasteiger partial charge in [0.25, 0.3) is 5.91 Å². The molecule has 3 N–H and O–H groups in total. The van der Waals surface area contributed by atoms with Crippen molar-refractivity contribution in [2.45, 2.75) is 26.9 Å². The number of nitrogens with zero attached hydrogens (tertiary/aromatic N) is 3. The van der Waals surface area contributed by atoms with Crippen molar-refractivity contribution >= 4 is 34.9 Å². The summed E-state index contributed by atoms with van der Waals surface area (Å²) in [7, 11) is 0. The first-order valence-electron chi connectivity index (χ1n) is 8.71. The average molecular weight is 413 g/mol. The Bertz CT molecular complexity index is 930. The Kier molecular flexibility index (Phi) is 7.28. The van der Waals surface area contributed by atoms with Crippen LogP contribution in [0.4, 0.5) is 5.69 Å². The lowest BCUT2D eigenvalue weighted by Gasteiger charge is -2.23. The number of guanidine groups is 1. The molecule has 0 spiro atoms. The summed E-state index contributed by atoms with van der Waals surface area (Å²) in [6.45, 7) is 5.16. The van der Waals surface area contributed by atoms with E-state index in [1.165, 1.54) is 6.20 Å². The standard InChI is InChI=1S/C20H21ClN6O2/c1-20(2,3)16(28)17(26-18(29)13-6-8-14(21)9-7-13)27-19(24-12-22)25-15-5-4-10-23-11-15/h4-11,17H,1-3H3,(H,26,29)(H2,24,25,27). The van der Waals surface area contributed by atoms with Crippen LogP contribution in [0.1, 0.15) is 31.1 Å². The largest absolute Gasteiger partial charge is 0.324 e. The normalized spacial score (nSPS) is 12.4. The lowest BCUT2D eigenvalue weighted by molar-refractivity contribution is -0.128. The van der Waals surface area contributed by atoms with Gasteiger partial charge >= 0.3 is 0 Å². The number of aromatic nitrogens is 1. The molecule has 1 heterocycles. The molecule has 2 rings (SSSR count). The quantitative estimate of drug-likeness (QED) is 0.300. The van der Waals surface area contributed by atoms with Crippen LogP contribution in [0, 0.1) is 16.9 Å². The summed E-state index contributed by atoms with van der Waals surface area (Å²) in [5, 5.41) is 17.4. The van der Waals surface area contributed by atoms with Gasteiger partial charge in [0.15, 0.2) is 18.1 Å². The van der Waals surface area contributed by atoms with Gasteiger partial charge in [0, 0.05) is 22.2 Å². The zero-order valence-electron chi connectivity index (χ0n) is 16.2. The van der Waals surface area contributed by atoms with Gasteiger partial charge in [-0.3, -0.25) is 19.9 Å². The minimum absolute atomic E-state index is 0.000457. The number of nitrogens with one attached hydrogen (secondary N) is 3. The number of pyridine rings is 1. The lowest BCUT2D eigenvalue weighted by atomic mass is 9.89. The minimum Gasteiger partial charge on any atom is -0.324 e. The monoisotopic (exact) mass is 412 g/mol. The highest BCUT2D eigenvalue weighted by molar-refractivity contribution is 6.30. The van der Waals surface area contributed by atoms with E-state index in [2.05, 4.69) is 25.9 Å². The molecule has 9 heteroatoms. The van der Waals surface area contributed by atoms with E-state index in [0.29, 0.717) is 16.3 Å². The van der Waals surface area contributed by atoms with Gasteiger partial charge in [0.05, 0.1) is 11.9 Å². The molecule has 0 aliphatic heterocycles. The highest BCUT2D eigenvalue weighted by atomic mass is 35.5. The summed E-state index contributed by atoms with van der Waals surface area (Å²) < 4.78 is 0. The average Bonchev–Trinajstić information content (AvgIpc) is 2.67. The fraction of sp³-hybridized carbons (Fsp3) is 0.250. The Balaban J connectivity index is 2.33. The summed E-state index contributed by atoms with van der Waals surface area (Å²) in [5.41, 5.74) is 0.0966. The molecule has 1 unspecified atom stereocenters. The Morgan fingerprint density at radius 3 is 2.45 bits per heavy atom. The number of aliphatic imine (C=N–C) groups is 1. The van der Waals surface area contributed by atoms with E-state index in [1.807, 2.05) is 0 Å². The molecule has 0 aliphatic rings. The van der Waals surface area contributed by atoms with E-state index < -0.39 is 17.5 Å². The molecule has 150 valence electrons. The Morgan fingerprint density at radius 1 is 1.21 bits per heavy atom. The molecule has 8 nitrogen and oxygen atoms in total. The van der Waals surface area contributed by atoms with Crippen molar-refractivity contribution in [1.82, 2.24) is 15.6 Å². The molecule has 0 aliphatic carbocycles. The van der Waals surface area contributed by atoms with Gasteiger partial charge in [-0.2, -0.15) is 5.26 Å². The van der Waals surface area contributed by atoms with E-state index in [9.17, 15) is 9.59 Å². The maximum Gasteiger partial charge on any atom is 0.253 e. The number of anilines is 1. The maximum absolute atomic E-state index is 12.9. The zero-order valence-corrected chi connectivity index (χ0v) is 17.0. The van der Waals surface area contributed by atoms with E-state index in [-0.39, 0.29) is 11.7 Å². The van der Waals surface area contributed by atoms with Crippen LogP contribution in [0.2, 0.25) is 5.02 Å². The number of nitriles is 1. The van der Waals surface area contributed by atoms with E-state index in [4.69, 9.17) is 16.9 Å². The van der Waals surface area contributed by atoms with Crippen molar-refractivity contribution in [2.75, 3.05) is 5.32 Å². The van der Waals surface area contributed by atoms with Crippen LogP contribution in [0.5, 0.6) is 0 Å². The predicted octanol–water partition coefficient (Wildman–Crippen LogP) is 2.94. The topological polar surface area (TPSA) is 119 Å². The molecule has 0 saturated heterocycles. The third-order valence-electron chi connectivity index (χ3n) is 3.72. The van der Waals surface area contributed by atoms with Crippen LogP contribution < -0.4 is 16.0 Å². The van der Waals surface area contributed by atoms with Gasteiger partial charge < -0.3 is 10.6 Å². The number of benzene rings is 1. The van der Waals surface area contributed by atoms with E-state index in [1.54, 1.807) is 69.6 Å².